The molecule has 0 aliphatic carbocycles. The van der Waals surface area contributed by atoms with Gasteiger partial charge in [0.05, 0.1) is 0 Å². The molecule has 0 fully saturated rings. The van der Waals surface area contributed by atoms with Crippen molar-refractivity contribution < 1.29 is 21.9 Å². The molecule has 0 aromatic rings. The van der Waals surface area contributed by atoms with Crippen molar-refractivity contribution >= 4 is 6.29 Å². The van der Waals surface area contributed by atoms with Crippen molar-refractivity contribution in [3.8, 4) is 0 Å². The molecule has 0 aliphatic rings. The maximum atomic E-state index is 8.69. The molecule has 0 atom stereocenters. The summed E-state index contributed by atoms with van der Waals surface area (Å²) < 4.78 is 0. The maximum Gasteiger partial charge on any atom is 0 e. The van der Waals surface area contributed by atoms with E-state index in [1.165, 1.54) is 0 Å². The molecule has 0 bridgehead atoms. The van der Waals surface area contributed by atoms with Crippen LogP contribution in [0.25, 0.3) is 0 Å². The van der Waals surface area contributed by atoms with Gasteiger partial charge in [-0.25, -0.2) is 0 Å². The first-order chi connectivity index (χ1) is 1.41. The molecule has 4 heavy (non-hydrogen) atoms. The van der Waals surface area contributed by atoms with E-state index in [0.29, 0.717) is 6.29 Å². The van der Waals surface area contributed by atoms with E-state index in [1.54, 1.807) is 0 Å². The topological polar surface area (TPSA) is 17.1 Å². The van der Waals surface area contributed by atoms with E-state index in [1.807, 2.05) is 0 Å². The van der Waals surface area contributed by atoms with E-state index in [-0.39, 0.29) is 17.1 Å². The molecule has 0 N–H and O–H groups in total. The minimum absolute atomic E-state index is 0. The maximum absolute atomic E-state index is 8.69. The molecule has 0 saturated heterocycles. The van der Waals surface area contributed by atoms with Crippen molar-refractivity contribution in [3.05, 3.63) is 6.92 Å². The second-order valence-corrected chi connectivity index (χ2v) is 0.167. The number of hydrogen-bond donors (Lipinski definition) is 0. The van der Waals surface area contributed by atoms with Crippen molar-refractivity contribution in [1.82, 2.24) is 0 Å². The fourth-order valence-corrected chi connectivity index (χ4v) is 0. The zero-order chi connectivity index (χ0) is 2.71. The molecule has 0 aliphatic heterocycles. The zero-order valence-electron chi connectivity index (χ0n) is 2.05. The van der Waals surface area contributed by atoms with Gasteiger partial charge in [-0.1, -0.05) is 0 Å². The van der Waals surface area contributed by atoms with Gasteiger partial charge >= 0.3 is 0 Å². The molecule has 2 heteroatoms. The minimum Gasteiger partial charge on any atom is -0.343 e. The summed E-state index contributed by atoms with van der Waals surface area (Å²) in [5.41, 5.74) is 0. The molecule has 26 valence electrons. The van der Waals surface area contributed by atoms with Gasteiger partial charge < -0.3 is 11.7 Å². The van der Waals surface area contributed by atoms with E-state index < -0.39 is 0 Å². The number of hydrogen-bond acceptors (Lipinski definition) is 1. The molecule has 0 spiro atoms. The first-order valence-electron chi connectivity index (χ1n) is 0.644. The molecule has 0 amide bonds. The standard InChI is InChI=1S/C2H3O.Fe/c1-2-3;/h2H,1H2;/q-1;. The van der Waals surface area contributed by atoms with Gasteiger partial charge in [0.2, 0.25) is 0 Å². The second kappa shape index (κ2) is 11.6. The van der Waals surface area contributed by atoms with Crippen LogP contribution in [-0.2, 0) is 21.9 Å². The molecule has 0 rings (SSSR count). The third kappa shape index (κ3) is 653. The molecule has 0 radical (unpaired) electrons. The Morgan fingerprint density at radius 1 is 1.75 bits per heavy atom. The Bertz CT molecular complexity index is 13.5. The van der Waals surface area contributed by atoms with Gasteiger partial charge in [0, 0.05) is 17.1 Å². The van der Waals surface area contributed by atoms with E-state index >= 15 is 0 Å². The Morgan fingerprint density at radius 2 is 1.75 bits per heavy atom. The summed E-state index contributed by atoms with van der Waals surface area (Å²) in [6, 6.07) is 0. The third-order valence-corrected chi connectivity index (χ3v) is 0. The van der Waals surface area contributed by atoms with E-state index in [4.69, 9.17) is 4.79 Å². The van der Waals surface area contributed by atoms with Crippen LogP contribution in [0, 0.1) is 6.92 Å². The molecular weight excluding hydrogens is 95.9 g/mol. The van der Waals surface area contributed by atoms with Crippen molar-refractivity contribution in [2.24, 2.45) is 0 Å². The van der Waals surface area contributed by atoms with Crippen LogP contribution in [0.5, 0.6) is 0 Å². The Hall–Kier alpha value is 0.0595. The van der Waals surface area contributed by atoms with Crippen molar-refractivity contribution in [2.45, 2.75) is 0 Å². The predicted octanol–water partition coefficient (Wildman–Crippen LogP) is 0.0169. The quantitative estimate of drug-likeness (QED) is 0.237. The Balaban J connectivity index is 0. The summed E-state index contributed by atoms with van der Waals surface area (Å²) >= 11 is 0. The molecular formula is C2H3FeO-. The van der Waals surface area contributed by atoms with E-state index in [9.17, 15) is 0 Å². The van der Waals surface area contributed by atoms with Crippen LogP contribution in [-0.4, -0.2) is 6.29 Å². The van der Waals surface area contributed by atoms with Crippen LogP contribution >= 0.6 is 0 Å². The first-order valence-corrected chi connectivity index (χ1v) is 0.644. The SMILES string of the molecule is [CH2-]C=O.[Fe]. The smallest absolute Gasteiger partial charge is 0 e. The Kier molecular flexibility index (Phi) is 25.9. The van der Waals surface area contributed by atoms with Crippen LogP contribution < -0.4 is 0 Å². The monoisotopic (exact) mass is 99.0 g/mol. The van der Waals surface area contributed by atoms with Gasteiger partial charge in [-0.2, -0.15) is 0 Å². The number of carbonyl (C=O) groups is 1. The van der Waals surface area contributed by atoms with Gasteiger partial charge in [-0.3, -0.25) is 0 Å². The second-order valence-electron chi connectivity index (χ2n) is 0.167. The summed E-state index contributed by atoms with van der Waals surface area (Å²) in [6.07, 6.45) is 0.500. The third-order valence-electron chi connectivity index (χ3n) is 0. The molecule has 0 aromatic heterocycles. The zero-order valence-corrected chi connectivity index (χ0v) is 3.15. The van der Waals surface area contributed by atoms with Gasteiger partial charge in [-0.05, 0) is 6.29 Å². The fraction of sp³-hybridized carbons (Fsp3) is 0. The van der Waals surface area contributed by atoms with Gasteiger partial charge in [0.25, 0.3) is 0 Å². The Labute approximate surface area is 35.9 Å². The molecule has 0 aromatic carbocycles. The van der Waals surface area contributed by atoms with E-state index in [2.05, 4.69) is 6.92 Å². The molecule has 1 nitrogen and oxygen atoms in total. The molecule has 0 unspecified atom stereocenters. The normalized spacial score (nSPS) is 3.00. The number of rotatable bonds is 0. The molecule has 0 saturated carbocycles. The van der Waals surface area contributed by atoms with Crippen LogP contribution in [0.2, 0.25) is 0 Å². The average molecular weight is 98.9 g/mol. The minimum atomic E-state index is 0. The summed E-state index contributed by atoms with van der Waals surface area (Å²) in [5, 5.41) is 0. The van der Waals surface area contributed by atoms with Gasteiger partial charge in [-0.15, -0.1) is 0 Å². The van der Waals surface area contributed by atoms with Crippen LogP contribution in [0.3, 0.4) is 0 Å². The largest absolute Gasteiger partial charge is 0.343 e. The number of carbonyl (C=O) groups excluding carboxylic acids is 1. The van der Waals surface area contributed by atoms with Crippen LogP contribution in [0.15, 0.2) is 0 Å². The summed E-state index contributed by atoms with van der Waals surface area (Å²) in [4.78, 5) is 8.69. The first kappa shape index (κ1) is 8.96. The van der Waals surface area contributed by atoms with Crippen LogP contribution in [0.4, 0.5) is 0 Å². The van der Waals surface area contributed by atoms with E-state index in [0.717, 1.165) is 0 Å². The number of aldehydes is 1. The Morgan fingerprint density at radius 3 is 1.75 bits per heavy atom. The van der Waals surface area contributed by atoms with Crippen molar-refractivity contribution in [3.63, 3.8) is 0 Å². The van der Waals surface area contributed by atoms with Crippen molar-refractivity contribution in [1.29, 1.82) is 0 Å². The van der Waals surface area contributed by atoms with Crippen LogP contribution in [0.1, 0.15) is 0 Å². The fourth-order valence-electron chi connectivity index (χ4n) is 0. The molecule has 0 heterocycles. The summed E-state index contributed by atoms with van der Waals surface area (Å²) in [5.74, 6) is 0. The van der Waals surface area contributed by atoms with Gasteiger partial charge in [0.15, 0.2) is 0 Å². The summed E-state index contributed by atoms with van der Waals surface area (Å²) in [6.45, 7) is 2.81. The average Bonchev–Trinajstić information content (AvgIpc) is 0.918. The summed E-state index contributed by atoms with van der Waals surface area (Å²) in [7, 11) is 0. The predicted molar refractivity (Wildman–Crippen MR) is 11.4 cm³/mol. The van der Waals surface area contributed by atoms with Gasteiger partial charge in [0.1, 0.15) is 0 Å². The van der Waals surface area contributed by atoms with Crippen molar-refractivity contribution in [2.75, 3.05) is 0 Å².